The van der Waals surface area contributed by atoms with Crippen molar-refractivity contribution in [2.75, 3.05) is 26.2 Å². The maximum absolute atomic E-state index is 11.8. The molecule has 6 nitrogen and oxygen atoms in total. The van der Waals surface area contributed by atoms with E-state index in [0.717, 1.165) is 58.2 Å². The quantitative estimate of drug-likeness (QED) is 0.794. The highest BCUT2D eigenvalue weighted by Crippen LogP contribution is 2.56. The van der Waals surface area contributed by atoms with Gasteiger partial charge in [0.15, 0.2) is 0 Å². The van der Waals surface area contributed by atoms with Crippen molar-refractivity contribution in [3.05, 3.63) is 0 Å². The lowest BCUT2D eigenvalue weighted by Crippen LogP contribution is -2.64. The largest absolute Gasteiger partial charge is 0.465 e. The van der Waals surface area contributed by atoms with Gasteiger partial charge in [-0.25, -0.2) is 4.79 Å². The van der Waals surface area contributed by atoms with Gasteiger partial charge >= 0.3 is 6.09 Å². The fourth-order valence-corrected chi connectivity index (χ4v) is 6.22. The van der Waals surface area contributed by atoms with E-state index in [4.69, 9.17) is 0 Å². The van der Waals surface area contributed by atoms with Gasteiger partial charge in [0.1, 0.15) is 0 Å². The lowest BCUT2D eigenvalue weighted by molar-refractivity contribution is -0.152. The number of carboxylic acid groups (broad SMARTS) is 1. The summed E-state index contributed by atoms with van der Waals surface area (Å²) in [5, 5.41) is 9.27. The van der Waals surface area contributed by atoms with Gasteiger partial charge in [0, 0.05) is 50.7 Å². The Labute approximate surface area is 150 Å². The third kappa shape index (κ3) is 2.64. The topological polar surface area (TPSA) is 64.1 Å². The van der Waals surface area contributed by atoms with E-state index < -0.39 is 6.09 Å². The first-order chi connectivity index (χ1) is 11.9. The molecule has 0 aromatic rings. The van der Waals surface area contributed by atoms with Crippen LogP contribution in [0.1, 0.15) is 52.4 Å². The summed E-state index contributed by atoms with van der Waals surface area (Å²) < 4.78 is 0. The zero-order valence-electron chi connectivity index (χ0n) is 15.5. The monoisotopic (exact) mass is 349 g/mol. The molecule has 0 bridgehead atoms. The van der Waals surface area contributed by atoms with Crippen LogP contribution in [0.25, 0.3) is 0 Å². The van der Waals surface area contributed by atoms with E-state index in [1.54, 1.807) is 4.90 Å². The van der Waals surface area contributed by atoms with Crippen LogP contribution in [0.15, 0.2) is 0 Å². The summed E-state index contributed by atoms with van der Waals surface area (Å²) in [4.78, 5) is 29.5. The molecule has 25 heavy (non-hydrogen) atoms. The molecule has 4 rings (SSSR count). The Morgan fingerprint density at radius 3 is 2.52 bits per heavy atom. The molecule has 3 saturated heterocycles. The molecule has 6 heteroatoms. The van der Waals surface area contributed by atoms with Crippen molar-refractivity contribution in [1.29, 1.82) is 0 Å². The van der Waals surface area contributed by atoms with Crippen molar-refractivity contribution in [2.45, 2.75) is 70.5 Å². The number of rotatable bonds is 3. The molecular weight excluding hydrogens is 318 g/mol. The van der Waals surface area contributed by atoms with Crippen LogP contribution in [-0.4, -0.2) is 76.1 Å². The van der Waals surface area contributed by atoms with Crippen LogP contribution in [0.2, 0.25) is 0 Å². The molecule has 1 saturated carbocycles. The summed E-state index contributed by atoms with van der Waals surface area (Å²) in [6.45, 7) is 8.02. The molecule has 0 aromatic heterocycles. The molecule has 4 fully saturated rings. The maximum Gasteiger partial charge on any atom is 0.407 e. The molecule has 4 atom stereocenters. The highest BCUT2D eigenvalue weighted by molar-refractivity contribution is 5.83. The fourth-order valence-electron chi connectivity index (χ4n) is 6.22. The lowest BCUT2D eigenvalue weighted by Gasteiger charge is -2.59. The molecule has 0 radical (unpaired) electrons. The summed E-state index contributed by atoms with van der Waals surface area (Å²) in [5.74, 6) is 0.956. The fraction of sp³-hybridized carbons (Fsp3) is 0.895. The minimum Gasteiger partial charge on any atom is -0.465 e. The molecule has 3 unspecified atom stereocenters. The predicted molar refractivity (Wildman–Crippen MR) is 94.4 cm³/mol. The van der Waals surface area contributed by atoms with Gasteiger partial charge in [-0.2, -0.15) is 0 Å². The molecule has 1 spiro atoms. The summed E-state index contributed by atoms with van der Waals surface area (Å²) in [6.07, 6.45) is 5.48. The average Bonchev–Trinajstić information content (AvgIpc) is 3.01. The molecule has 4 aliphatic rings. The number of β-lactam (4-membered cyclic amide) rings is 1. The predicted octanol–water partition coefficient (Wildman–Crippen LogP) is 2.24. The van der Waals surface area contributed by atoms with Gasteiger partial charge in [-0.05, 0) is 43.9 Å². The Morgan fingerprint density at radius 2 is 2.00 bits per heavy atom. The van der Waals surface area contributed by atoms with Crippen molar-refractivity contribution in [3.8, 4) is 0 Å². The minimum atomic E-state index is -0.760. The minimum absolute atomic E-state index is 0.233. The van der Waals surface area contributed by atoms with Gasteiger partial charge in [0.05, 0.1) is 0 Å². The summed E-state index contributed by atoms with van der Waals surface area (Å²) in [6, 6.07) is 1.49. The molecule has 3 heterocycles. The van der Waals surface area contributed by atoms with E-state index in [9.17, 15) is 14.7 Å². The molecule has 140 valence electrons. The Morgan fingerprint density at radius 1 is 1.28 bits per heavy atom. The van der Waals surface area contributed by atoms with Crippen molar-refractivity contribution in [1.82, 2.24) is 14.7 Å². The number of carbonyl (C=O) groups excluding carboxylic acids is 1. The van der Waals surface area contributed by atoms with Crippen LogP contribution in [-0.2, 0) is 4.79 Å². The van der Waals surface area contributed by atoms with E-state index in [-0.39, 0.29) is 5.41 Å². The summed E-state index contributed by atoms with van der Waals surface area (Å²) in [7, 11) is 0. The Balaban J connectivity index is 1.33. The van der Waals surface area contributed by atoms with Gasteiger partial charge < -0.3 is 14.9 Å². The number of amides is 2. The molecule has 1 aliphatic carbocycles. The van der Waals surface area contributed by atoms with E-state index in [2.05, 4.69) is 23.6 Å². The number of likely N-dealkylation sites (tertiary alicyclic amines) is 3. The Hall–Kier alpha value is -1.30. The number of hydrogen-bond donors (Lipinski definition) is 1. The molecular formula is C19H31N3O3. The average molecular weight is 349 g/mol. The van der Waals surface area contributed by atoms with Crippen molar-refractivity contribution < 1.29 is 14.7 Å². The van der Waals surface area contributed by atoms with E-state index in [1.807, 2.05) is 0 Å². The number of nitrogens with zero attached hydrogens (tertiary/aromatic N) is 3. The Bertz CT molecular complexity index is 560. The third-order valence-corrected chi connectivity index (χ3v) is 7.56. The smallest absolute Gasteiger partial charge is 0.407 e. The van der Waals surface area contributed by atoms with Crippen molar-refractivity contribution in [2.24, 2.45) is 11.3 Å². The SMILES string of the molecule is CCC1C(N2CCC(N3C(=O)C[C@H]3C)CC2)CC12CCN(C(=O)O)C2. The van der Waals surface area contributed by atoms with E-state index >= 15 is 0 Å². The van der Waals surface area contributed by atoms with Gasteiger partial charge in [-0.3, -0.25) is 9.69 Å². The van der Waals surface area contributed by atoms with Crippen molar-refractivity contribution in [3.63, 3.8) is 0 Å². The maximum atomic E-state index is 11.8. The van der Waals surface area contributed by atoms with Gasteiger partial charge in [-0.15, -0.1) is 0 Å². The molecule has 0 aromatic carbocycles. The molecule has 2 amide bonds. The summed E-state index contributed by atoms with van der Waals surface area (Å²) in [5.41, 5.74) is 0.233. The highest BCUT2D eigenvalue weighted by atomic mass is 16.4. The zero-order chi connectivity index (χ0) is 17.8. The summed E-state index contributed by atoms with van der Waals surface area (Å²) >= 11 is 0. The lowest BCUT2D eigenvalue weighted by atomic mass is 9.54. The second kappa shape index (κ2) is 6.15. The zero-order valence-corrected chi connectivity index (χ0v) is 15.5. The van der Waals surface area contributed by atoms with Gasteiger partial charge in [-0.1, -0.05) is 13.3 Å². The van der Waals surface area contributed by atoms with Gasteiger partial charge in [0.25, 0.3) is 0 Å². The number of hydrogen-bond acceptors (Lipinski definition) is 3. The van der Waals surface area contributed by atoms with Crippen LogP contribution in [0.4, 0.5) is 4.79 Å². The van der Waals surface area contributed by atoms with Crippen LogP contribution < -0.4 is 0 Å². The standard InChI is InChI=1S/C19H31N3O3/c1-3-15-16(11-19(15)6-9-21(12-19)18(24)25)20-7-4-14(5-8-20)22-13(2)10-17(22)23/h13-16H,3-12H2,1-2H3,(H,24,25)/t13-,15?,16?,19?/m1/s1. The van der Waals surface area contributed by atoms with Crippen LogP contribution in [0.5, 0.6) is 0 Å². The first kappa shape index (κ1) is 17.1. The Kier molecular flexibility index (Phi) is 4.21. The number of piperidine rings is 1. The normalized spacial score (nSPS) is 39.6. The second-order valence-electron chi connectivity index (χ2n) is 8.72. The van der Waals surface area contributed by atoms with Crippen LogP contribution >= 0.6 is 0 Å². The molecule has 1 N–H and O–H groups in total. The van der Waals surface area contributed by atoms with E-state index in [0.29, 0.717) is 36.5 Å². The molecule has 3 aliphatic heterocycles. The first-order valence-corrected chi connectivity index (χ1v) is 9.98. The van der Waals surface area contributed by atoms with Crippen LogP contribution in [0, 0.1) is 11.3 Å². The highest BCUT2D eigenvalue weighted by Gasteiger charge is 2.58. The van der Waals surface area contributed by atoms with Crippen LogP contribution in [0.3, 0.4) is 0 Å². The van der Waals surface area contributed by atoms with Gasteiger partial charge in [0.2, 0.25) is 5.91 Å². The first-order valence-electron chi connectivity index (χ1n) is 9.98. The van der Waals surface area contributed by atoms with Crippen molar-refractivity contribution >= 4 is 12.0 Å². The second-order valence-corrected chi connectivity index (χ2v) is 8.72. The third-order valence-electron chi connectivity index (χ3n) is 7.56. The number of carbonyl (C=O) groups is 2. The van der Waals surface area contributed by atoms with E-state index in [1.165, 1.54) is 0 Å².